The third kappa shape index (κ3) is 2.58. The summed E-state index contributed by atoms with van der Waals surface area (Å²) in [6, 6.07) is 8.15. The zero-order chi connectivity index (χ0) is 12.3. The molecule has 4 heteroatoms. The topological polar surface area (TPSA) is 54.3 Å². The fraction of sp³-hybridized carbons (Fsp3) is 0.308. The van der Waals surface area contributed by atoms with Crippen molar-refractivity contribution in [2.45, 2.75) is 12.8 Å². The quantitative estimate of drug-likeness (QED) is 0.778. The Hall–Kier alpha value is -1.97. The summed E-state index contributed by atoms with van der Waals surface area (Å²) in [5, 5.41) is 13.0. The van der Waals surface area contributed by atoms with Gasteiger partial charge in [0, 0.05) is 37.1 Å². The first-order chi connectivity index (χ1) is 8.18. The molecule has 0 saturated heterocycles. The van der Waals surface area contributed by atoms with Crippen LogP contribution in [0.1, 0.15) is 12.8 Å². The summed E-state index contributed by atoms with van der Waals surface area (Å²) >= 11 is 0. The molecule has 0 atom stereocenters. The number of carbonyl (C=O) groups is 1. The first-order valence-corrected chi connectivity index (χ1v) is 5.68. The van der Waals surface area contributed by atoms with E-state index in [0.29, 0.717) is 13.0 Å². The average molecular weight is 232 g/mol. The van der Waals surface area contributed by atoms with Crippen LogP contribution >= 0.6 is 0 Å². The molecule has 2 N–H and O–H groups in total. The van der Waals surface area contributed by atoms with Gasteiger partial charge in [-0.3, -0.25) is 4.79 Å². The van der Waals surface area contributed by atoms with Gasteiger partial charge < -0.3 is 15.0 Å². The monoisotopic (exact) mass is 232 g/mol. The lowest BCUT2D eigenvalue weighted by atomic mass is 10.2. The van der Waals surface area contributed by atoms with Crippen LogP contribution in [0.25, 0.3) is 10.9 Å². The van der Waals surface area contributed by atoms with Crippen LogP contribution < -0.4 is 5.32 Å². The molecular formula is C13H16N2O2. The normalized spacial score (nSPS) is 10.6. The van der Waals surface area contributed by atoms with Gasteiger partial charge in [-0.2, -0.15) is 0 Å². The summed E-state index contributed by atoms with van der Waals surface area (Å²) < 4.78 is 2.06. The number of rotatable bonds is 5. The van der Waals surface area contributed by atoms with Gasteiger partial charge in [0.25, 0.3) is 0 Å². The van der Waals surface area contributed by atoms with E-state index in [4.69, 9.17) is 5.11 Å². The molecule has 1 aromatic carbocycles. The molecule has 2 aromatic rings. The predicted octanol–water partition coefficient (Wildman–Crippen LogP) is 2.46. The Balaban J connectivity index is 2.06. The van der Waals surface area contributed by atoms with Crippen molar-refractivity contribution < 1.29 is 9.90 Å². The molecule has 1 aromatic heterocycles. The molecule has 90 valence electrons. The third-order valence-corrected chi connectivity index (χ3v) is 2.78. The summed E-state index contributed by atoms with van der Waals surface area (Å²) in [4.78, 5) is 10.4. The van der Waals surface area contributed by atoms with Gasteiger partial charge in [-0.05, 0) is 12.5 Å². The number of benzene rings is 1. The van der Waals surface area contributed by atoms with E-state index >= 15 is 0 Å². The SMILES string of the molecule is Cn1cc(NCCCC(=O)O)c2ccccc21. The van der Waals surface area contributed by atoms with E-state index in [1.165, 1.54) is 10.9 Å². The second-order valence-electron chi connectivity index (χ2n) is 4.09. The lowest BCUT2D eigenvalue weighted by Crippen LogP contribution is -2.04. The highest BCUT2D eigenvalue weighted by molar-refractivity contribution is 5.92. The summed E-state index contributed by atoms with van der Waals surface area (Å²) in [6.07, 6.45) is 2.88. The number of aromatic nitrogens is 1. The molecule has 0 bridgehead atoms. The van der Waals surface area contributed by atoms with Crippen molar-refractivity contribution in [3.8, 4) is 0 Å². The Bertz CT molecular complexity index is 531. The minimum Gasteiger partial charge on any atom is -0.481 e. The Morgan fingerprint density at radius 2 is 2.18 bits per heavy atom. The molecule has 0 amide bonds. The summed E-state index contributed by atoms with van der Waals surface area (Å²) in [6.45, 7) is 0.681. The number of nitrogens with zero attached hydrogens (tertiary/aromatic N) is 1. The van der Waals surface area contributed by atoms with Crippen LogP contribution in [-0.2, 0) is 11.8 Å². The number of para-hydroxylation sites is 1. The lowest BCUT2D eigenvalue weighted by Gasteiger charge is -2.02. The molecule has 17 heavy (non-hydrogen) atoms. The highest BCUT2D eigenvalue weighted by atomic mass is 16.4. The molecule has 0 saturated carbocycles. The fourth-order valence-electron chi connectivity index (χ4n) is 1.95. The number of aliphatic carboxylic acids is 1. The largest absolute Gasteiger partial charge is 0.481 e. The van der Waals surface area contributed by atoms with Crippen molar-refractivity contribution in [3.05, 3.63) is 30.5 Å². The number of fused-ring (bicyclic) bond motifs is 1. The maximum atomic E-state index is 10.4. The lowest BCUT2D eigenvalue weighted by molar-refractivity contribution is -0.137. The number of hydrogen-bond acceptors (Lipinski definition) is 2. The molecule has 0 unspecified atom stereocenters. The van der Waals surface area contributed by atoms with Crippen LogP contribution in [0.5, 0.6) is 0 Å². The highest BCUT2D eigenvalue weighted by Crippen LogP contribution is 2.24. The maximum absolute atomic E-state index is 10.4. The van der Waals surface area contributed by atoms with Crippen molar-refractivity contribution in [2.75, 3.05) is 11.9 Å². The average Bonchev–Trinajstić information content (AvgIpc) is 2.63. The van der Waals surface area contributed by atoms with E-state index in [0.717, 1.165) is 5.69 Å². The van der Waals surface area contributed by atoms with E-state index < -0.39 is 5.97 Å². The van der Waals surface area contributed by atoms with E-state index in [1.54, 1.807) is 0 Å². The first kappa shape index (κ1) is 11.5. The third-order valence-electron chi connectivity index (χ3n) is 2.78. The molecule has 0 aliphatic carbocycles. The zero-order valence-corrected chi connectivity index (χ0v) is 9.81. The number of carboxylic acid groups (broad SMARTS) is 1. The molecule has 0 fully saturated rings. The maximum Gasteiger partial charge on any atom is 0.303 e. The van der Waals surface area contributed by atoms with Crippen molar-refractivity contribution in [2.24, 2.45) is 7.05 Å². The summed E-state index contributed by atoms with van der Waals surface area (Å²) in [7, 11) is 2.00. The fourth-order valence-corrected chi connectivity index (χ4v) is 1.95. The van der Waals surface area contributed by atoms with Crippen LogP contribution in [0.2, 0.25) is 0 Å². The Morgan fingerprint density at radius 3 is 2.94 bits per heavy atom. The van der Waals surface area contributed by atoms with E-state index in [-0.39, 0.29) is 6.42 Å². The van der Waals surface area contributed by atoms with Gasteiger partial charge in [0.15, 0.2) is 0 Å². The Morgan fingerprint density at radius 1 is 1.41 bits per heavy atom. The number of nitrogens with one attached hydrogen (secondary N) is 1. The van der Waals surface area contributed by atoms with Gasteiger partial charge in [-0.25, -0.2) is 0 Å². The van der Waals surface area contributed by atoms with Crippen LogP contribution in [0, 0.1) is 0 Å². The van der Waals surface area contributed by atoms with Crippen LogP contribution in [0.15, 0.2) is 30.5 Å². The van der Waals surface area contributed by atoms with Gasteiger partial charge >= 0.3 is 5.97 Å². The van der Waals surface area contributed by atoms with Crippen molar-refractivity contribution in [3.63, 3.8) is 0 Å². The molecule has 2 rings (SSSR count). The van der Waals surface area contributed by atoms with Gasteiger partial charge in [0.05, 0.1) is 5.69 Å². The van der Waals surface area contributed by atoms with E-state index in [9.17, 15) is 4.79 Å². The second-order valence-corrected chi connectivity index (χ2v) is 4.09. The van der Waals surface area contributed by atoms with Gasteiger partial charge in [0.2, 0.25) is 0 Å². The predicted molar refractivity (Wildman–Crippen MR) is 68.3 cm³/mol. The number of carboxylic acids is 1. The highest BCUT2D eigenvalue weighted by Gasteiger charge is 2.04. The molecule has 1 heterocycles. The smallest absolute Gasteiger partial charge is 0.303 e. The number of aryl methyl sites for hydroxylation is 1. The molecule has 0 aliphatic heterocycles. The molecule has 4 nitrogen and oxygen atoms in total. The first-order valence-electron chi connectivity index (χ1n) is 5.68. The summed E-state index contributed by atoms with van der Waals surface area (Å²) in [5.41, 5.74) is 2.24. The number of hydrogen-bond donors (Lipinski definition) is 2. The van der Waals surface area contributed by atoms with Crippen molar-refractivity contribution in [1.29, 1.82) is 0 Å². The van der Waals surface area contributed by atoms with E-state index in [2.05, 4.69) is 22.0 Å². The number of anilines is 1. The van der Waals surface area contributed by atoms with Gasteiger partial charge in [-0.1, -0.05) is 18.2 Å². The van der Waals surface area contributed by atoms with Crippen LogP contribution in [-0.4, -0.2) is 22.2 Å². The Labute approximate surface area is 99.9 Å². The van der Waals surface area contributed by atoms with Crippen molar-refractivity contribution >= 4 is 22.6 Å². The van der Waals surface area contributed by atoms with E-state index in [1.807, 2.05) is 25.4 Å². The zero-order valence-electron chi connectivity index (χ0n) is 9.81. The summed E-state index contributed by atoms with van der Waals surface area (Å²) in [5.74, 6) is -0.746. The van der Waals surface area contributed by atoms with Crippen LogP contribution in [0.3, 0.4) is 0 Å². The molecule has 0 spiro atoms. The minimum atomic E-state index is -0.746. The molecular weight excluding hydrogens is 216 g/mol. The van der Waals surface area contributed by atoms with Crippen LogP contribution in [0.4, 0.5) is 5.69 Å². The van der Waals surface area contributed by atoms with Crippen molar-refractivity contribution in [1.82, 2.24) is 4.57 Å². The Kier molecular flexibility index (Phi) is 3.32. The van der Waals surface area contributed by atoms with Gasteiger partial charge in [-0.15, -0.1) is 0 Å². The second kappa shape index (κ2) is 4.91. The van der Waals surface area contributed by atoms with Gasteiger partial charge in [0.1, 0.15) is 0 Å². The standard InChI is InChI=1S/C13H16N2O2/c1-15-9-11(14-8-4-7-13(16)17)10-5-2-3-6-12(10)15/h2-3,5-6,9,14H,4,7-8H2,1H3,(H,16,17). The molecule has 0 aliphatic rings. The molecule has 0 radical (unpaired) electrons. The minimum absolute atomic E-state index is 0.206.